The minimum Gasteiger partial charge on any atom is -0.480 e. The number of ether oxygens (including phenoxy) is 1. The van der Waals surface area contributed by atoms with Crippen molar-refractivity contribution in [2.24, 2.45) is 7.05 Å². The summed E-state index contributed by atoms with van der Waals surface area (Å²) in [4.78, 5) is 13.0. The van der Waals surface area contributed by atoms with Crippen molar-refractivity contribution in [3.05, 3.63) is 59.0 Å². The molecule has 5 nitrogen and oxygen atoms in total. The molecular weight excluding hydrogens is 374 g/mol. The summed E-state index contributed by atoms with van der Waals surface area (Å²) >= 11 is 0. The summed E-state index contributed by atoms with van der Waals surface area (Å²) in [5, 5.41) is 1.37. The summed E-state index contributed by atoms with van der Waals surface area (Å²) in [5.41, 5.74) is 1.38. The predicted molar refractivity (Wildman–Crippen MR) is 115 cm³/mol. The fourth-order valence-electron chi connectivity index (χ4n) is 3.03. The van der Waals surface area contributed by atoms with Gasteiger partial charge in [0, 0.05) is 35.5 Å². The Balaban J connectivity index is 2.30. The SMILES string of the molecule is CC#CCOc1ccc(S(O)(O)CC)cc1-c1cn(C)c(=O)c2ccccc12. The monoisotopic (exact) mass is 397 g/mol. The highest BCUT2D eigenvalue weighted by Crippen LogP contribution is 2.50. The third-order valence-electron chi connectivity index (χ3n) is 4.59. The molecule has 0 bridgehead atoms. The number of rotatable bonds is 5. The summed E-state index contributed by atoms with van der Waals surface area (Å²) in [7, 11) is -1.19. The third kappa shape index (κ3) is 3.78. The molecular formula is C22H23NO4S. The Labute approximate surface area is 165 Å². The molecule has 3 rings (SSSR count). The standard InChI is InChI=1S/C22H23NO4S/c1-4-6-13-27-21-12-11-16(28(25,26)5-2)14-19(21)20-15-23(3)22(24)18-10-8-7-9-17(18)20/h7-12,14-15,25-26H,5,13H2,1-3H3. The Kier molecular flexibility index (Phi) is 5.80. The molecule has 0 aliphatic carbocycles. The fourth-order valence-corrected chi connectivity index (χ4v) is 3.96. The van der Waals surface area contributed by atoms with Crippen LogP contribution in [0.5, 0.6) is 5.75 Å². The van der Waals surface area contributed by atoms with Crippen LogP contribution in [-0.4, -0.2) is 26.0 Å². The molecule has 1 aromatic heterocycles. The number of hydrogen-bond donors (Lipinski definition) is 2. The van der Waals surface area contributed by atoms with Crippen LogP contribution in [0.3, 0.4) is 0 Å². The van der Waals surface area contributed by atoms with Crippen molar-refractivity contribution in [3.63, 3.8) is 0 Å². The van der Waals surface area contributed by atoms with E-state index in [1.807, 2.05) is 18.2 Å². The van der Waals surface area contributed by atoms with Crippen LogP contribution in [0.1, 0.15) is 13.8 Å². The number of aryl methyl sites for hydroxylation is 1. The van der Waals surface area contributed by atoms with E-state index >= 15 is 0 Å². The van der Waals surface area contributed by atoms with Gasteiger partial charge in [0.25, 0.3) is 5.56 Å². The van der Waals surface area contributed by atoms with Crippen molar-refractivity contribution in [1.82, 2.24) is 4.57 Å². The summed E-state index contributed by atoms with van der Waals surface area (Å²) in [6, 6.07) is 12.5. The average molecular weight is 397 g/mol. The average Bonchev–Trinajstić information content (AvgIpc) is 2.71. The zero-order chi connectivity index (χ0) is 20.3. The van der Waals surface area contributed by atoms with E-state index in [1.165, 1.54) is 4.57 Å². The van der Waals surface area contributed by atoms with Gasteiger partial charge in [-0.3, -0.25) is 13.9 Å². The summed E-state index contributed by atoms with van der Waals surface area (Å²) in [6.45, 7) is 3.69. The minimum absolute atomic E-state index is 0.0901. The van der Waals surface area contributed by atoms with Crippen molar-refractivity contribution in [3.8, 4) is 28.7 Å². The molecule has 0 unspecified atom stereocenters. The van der Waals surface area contributed by atoms with E-state index in [4.69, 9.17) is 4.74 Å². The lowest BCUT2D eigenvalue weighted by atomic mass is 10.00. The van der Waals surface area contributed by atoms with E-state index in [0.717, 1.165) is 10.9 Å². The van der Waals surface area contributed by atoms with E-state index < -0.39 is 10.6 Å². The van der Waals surface area contributed by atoms with Gasteiger partial charge >= 0.3 is 0 Å². The molecule has 6 heteroatoms. The van der Waals surface area contributed by atoms with Crippen LogP contribution in [0.2, 0.25) is 0 Å². The van der Waals surface area contributed by atoms with Crippen molar-refractivity contribution >= 4 is 21.4 Å². The van der Waals surface area contributed by atoms with Gasteiger partial charge in [-0.25, -0.2) is 0 Å². The number of aromatic nitrogens is 1. The highest BCUT2D eigenvalue weighted by atomic mass is 32.3. The molecule has 0 aliphatic heterocycles. The molecule has 0 spiro atoms. The Bertz CT molecular complexity index is 1140. The lowest BCUT2D eigenvalue weighted by molar-refractivity contribution is 0.371. The fraction of sp³-hybridized carbons (Fsp3) is 0.227. The largest absolute Gasteiger partial charge is 0.480 e. The number of fused-ring (bicyclic) bond motifs is 1. The van der Waals surface area contributed by atoms with Gasteiger partial charge < -0.3 is 9.30 Å². The predicted octanol–water partition coefficient (Wildman–Crippen LogP) is 4.74. The first kappa shape index (κ1) is 20.0. The zero-order valence-corrected chi connectivity index (χ0v) is 16.9. The maximum Gasteiger partial charge on any atom is 0.258 e. The number of nitrogens with zero attached hydrogens (tertiary/aromatic N) is 1. The van der Waals surface area contributed by atoms with Crippen LogP contribution in [0.4, 0.5) is 0 Å². The summed E-state index contributed by atoms with van der Waals surface area (Å²) < 4.78 is 28.2. The molecule has 0 fully saturated rings. The van der Waals surface area contributed by atoms with E-state index in [1.54, 1.807) is 51.4 Å². The topological polar surface area (TPSA) is 71.7 Å². The number of benzene rings is 2. The maximum atomic E-state index is 12.5. The molecule has 3 aromatic rings. The van der Waals surface area contributed by atoms with E-state index in [9.17, 15) is 13.9 Å². The second-order valence-electron chi connectivity index (χ2n) is 6.33. The first-order valence-electron chi connectivity index (χ1n) is 8.90. The van der Waals surface area contributed by atoms with Crippen LogP contribution in [0.15, 0.2) is 58.4 Å². The Morgan fingerprint density at radius 2 is 1.82 bits per heavy atom. The third-order valence-corrected chi connectivity index (χ3v) is 6.40. The zero-order valence-electron chi connectivity index (χ0n) is 16.1. The summed E-state index contributed by atoms with van der Waals surface area (Å²) in [5.74, 6) is 6.46. The van der Waals surface area contributed by atoms with Crippen LogP contribution < -0.4 is 10.3 Å². The Hall–Kier alpha value is -2.72. The minimum atomic E-state index is -2.89. The van der Waals surface area contributed by atoms with Crippen molar-refractivity contribution in [2.75, 3.05) is 12.4 Å². The highest BCUT2D eigenvalue weighted by molar-refractivity contribution is 8.24. The van der Waals surface area contributed by atoms with Gasteiger partial charge in [-0.05, 0) is 43.5 Å². The van der Waals surface area contributed by atoms with E-state index in [0.29, 0.717) is 21.6 Å². The van der Waals surface area contributed by atoms with Crippen LogP contribution in [0, 0.1) is 11.8 Å². The van der Waals surface area contributed by atoms with Gasteiger partial charge in [0.15, 0.2) is 0 Å². The lowest BCUT2D eigenvalue weighted by Crippen LogP contribution is -2.16. The second-order valence-corrected chi connectivity index (χ2v) is 8.72. The van der Waals surface area contributed by atoms with Crippen LogP contribution >= 0.6 is 10.6 Å². The molecule has 2 aromatic carbocycles. The molecule has 0 radical (unpaired) electrons. The van der Waals surface area contributed by atoms with E-state index in [2.05, 4.69) is 11.8 Å². The maximum absolute atomic E-state index is 12.5. The molecule has 0 amide bonds. The van der Waals surface area contributed by atoms with Crippen molar-refractivity contribution < 1.29 is 13.8 Å². The van der Waals surface area contributed by atoms with Crippen molar-refractivity contribution in [1.29, 1.82) is 0 Å². The summed E-state index contributed by atoms with van der Waals surface area (Å²) in [6.07, 6.45) is 1.75. The first-order chi connectivity index (χ1) is 13.4. The first-order valence-corrected chi connectivity index (χ1v) is 10.6. The second kappa shape index (κ2) is 8.11. The van der Waals surface area contributed by atoms with Gasteiger partial charge in [-0.2, -0.15) is 10.6 Å². The molecule has 0 saturated carbocycles. The van der Waals surface area contributed by atoms with Crippen molar-refractivity contribution in [2.45, 2.75) is 18.7 Å². The molecule has 0 atom stereocenters. The molecule has 1 heterocycles. The molecule has 0 aliphatic rings. The van der Waals surface area contributed by atoms with Gasteiger partial charge in [0.05, 0.1) is 4.90 Å². The lowest BCUT2D eigenvalue weighted by Gasteiger charge is -2.31. The number of hydrogen-bond acceptors (Lipinski definition) is 4. The van der Waals surface area contributed by atoms with Gasteiger partial charge in [0.1, 0.15) is 12.4 Å². The Morgan fingerprint density at radius 1 is 1.11 bits per heavy atom. The molecule has 28 heavy (non-hydrogen) atoms. The van der Waals surface area contributed by atoms with Gasteiger partial charge in [-0.1, -0.05) is 24.1 Å². The van der Waals surface area contributed by atoms with Gasteiger partial charge in [0.2, 0.25) is 0 Å². The quantitative estimate of drug-likeness (QED) is 0.610. The van der Waals surface area contributed by atoms with Crippen LogP contribution in [-0.2, 0) is 7.05 Å². The van der Waals surface area contributed by atoms with Gasteiger partial charge in [-0.15, -0.1) is 5.92 Å². The smallest absolute Gasteiger partial charge is 0.258 e. The molecule has 2 N–H and O–H groups in total. The normalized spacial score (nSPS) is 11.8. The van der Waals surface area contributed by atoms with Crippen LogP contribution in [0.25, 0.3) is 21.9 Å². The highest BCUT2D eigenvalue weighted by Gasteiger charge is 2.19. The number of pyridine rings is 1. The van der Waals surface area contributed by atoms with E-state index in [-0.39, 0.29) is 17.9 Å². The molecule has 146 valence electrons. The Morgan fingerprint density at radius 3 is 2.50 bits per heavy atom. The molecule has 0 saturated heterocycles.